The van der Waals surface area contributed by atoms with E-state index in [2.05, 4.69) is 14.9 Å². The van der Waals surface area contributed by atoms with Gasteiger partial charge in [0, 0.05) is 24.4 Å². The molecule has 0 atom stereocenters. The molecule has 16 heavy (non-hydrogen) atoms. The normalized spacial score (nSPS) is 17.2. The maximum Gasteiger partial charge on any atom is 0.158 e. The lowest BCUT2D eigenvalue weighted by atomic mass is 10.2. The molecule has 0 saturated carbocycles. The maximum atomic E-state index is 6.04. The number of nitrogens with two attached hydrogens (primary N) is 1. The number of aryl methyl sites for hydroxylation is 2. The summed E-state index contributed by atoms with van der Waals surface area (Å²) >= 11 is 6.04. The Morgan fingerprint density at radius 3 is 2.19 bits per heavy atom. The predicted octanol–water partition coefficient (Wildman–Crippen LogP) is 1.36. The topological polar surface area (TPSA) is 55.0 Å². The van der Waals surface area contributed by atoms with Crippen molar-refractivity contribution in [1.82, 2.24) is 14.9 Å². The highest BCUT2D eigenvalue weighted by atomic mass is 35.5. The van der Waals surface area contributed by atoms with Crippen LogP contribution in [-0.2, 0) is 0 Å². The van der Waals surface area contributed by atoms with Crippen LogP contribution in [0.25, 0.3) is 5.57 Å². The van der Waals surface area contributed by atoms with Crippen molar-refractivity contribution in [3.05, 3.63) is 27.9 Å². The number of halogens is 1. The van der Waals surface area contributed by atoms with Crippen molar-refractivity contribution in [2.75, 3.05) is 20.1 Å². The first-order valence-corrected chi connectivity index (χ1v) is 5.54. The summed E-state index contributed by atoms with van der Waals surface area (Å²) in [4.78, 5) is 10.9. The van der Waals surface area contributed by atoms with E-state index in [1.165, 1.54) is 0 Å². The van der Waals surface area contributed by atoms with Gasteiger partial charge in [0.25, 0.3) is 0 Å². The zero-order chi connectivity index (χ0) is 11.9. The molecule has 2 N–H and O–H groups in total. The van der Waals surface area contributed by atoms with Crippen LogP contribution >= 0.6 is 11.6 Å². The Kier molecular flexibility index (Phi) is 2.86. The molecule has 1 aromatic rings. The molecule has 0 unspecified atom stereocenters. The number of likely N-dealkylation sites (N-methyl/N-ethyl adjacent to an activating group) is 1. The van der Waals surface area contributed by atoms with E-state index in [4.69, 9.17) is 17.3 Å². The van der Waals surface area contributed by atoms with E-state index in [0.717, 1.165) is 35.7 Å². The van der Waals surface area contributed by atoms with Crippen LogP contribution in [0.15, 0.2) is 5.70 Å². The van der Waals surface area contributed by atoms with Gasteiger partial charge in [-0.25, -0.2) is 9.97 Å². The van der Waals surface area contributed by atoms with Crippen molar-refractivity contribution in [1.29, 1.82) is 0 Å². The van der Waals surface area contributed by atoms with Gasteiger partial charge in [-0.1, -0.05) is 11.6 Å². The highest BCUT2D eigenvalue weighted by Gasteiger charge is 2.21. The van der Waals surface area contributed by atoms with Crippen molar-refractivity contribution in [3.63, 3.8) is 0 Å². The SMILES string of the molecule is Cc1nc(C2=C(N)CN(C)C2)nc(C)c1Cl. The van der Waals surface area contributed by atoms with E-state index < -0.39 is 0 Å². The summed E-state index contributed by atoms with van der Waals surface area (Å²) < 4.78 is 0. The molecule has 0 aromatic carbocycles. The molecule has 2 rings (SSSR count). The number of aromatic nitrogens is 2. The molecule has 1 aromatic heterocycles. The van der Waals surface area contributed by atoms with E-state index in [0.29, 0.717) is 10.8 Å². The van der Waals surface area contributed by atoms with Gasteiger partial charge in [0.1, 0.15) is 0 Å². The fourth-order valence-electron chi connectivity index (χ4n) is 1.87. The van der Waals surface area contributed by atoms with Crippen LogP contribution in [0.2, 0.25) is 5.02 Å². The van der Waals surface area contributed by atoms with E-state index in [-0.39, 0.29) is 0 Å². The third-order valence-electron chi connectivity index (χ3n) is 2.71. The molecule has 0 spiro atoms. The average molecular weight is 239 g/mol. The summed E-state index contributed by atoms with van der Waals surface area (Å²) in [7, 11) is 2.02. The van der Waals surface area contributed by atoms with E-state index in [1.54, 1.807) is 0 Å². The van der Waals surface area contributed by atoms with Crippen LogP contribution in [0.1, 0.15) is 17.2 Å². The lowest BCUT2D eigenvalue weighted by Gasteiger charge is -2.08. The van der Waals surface area contributed by atoms with Crippen LogP contribution in [0.3, 0.4) is 0 Å². The summed E-state index contributed by atoms with van der Waals surface area (Å²) in [5.74, 6) is 0.709. The smallest absolute Gasteiger partial charge is 0.158 e. The van der Waals surface area contributed by atoms with Gasteiger partial charge < -0.3 is 5.73 Å². The summed E-state index contributed by atoms with van der Waals surface area (Å²) in [6.07, 6.45) is 0. The standard InChI is InChI=1S/C11H15ClN4/c1-6-10(12)7(2)15-11(14-6)8-4-16(3)5-9(8)13/h4-5,13H2,1-3H3. The van der Waals surface area contributed by atoms with Gasteiger partial charge >= 0.3 is 0 Å². The van der Waals surface area contributed by atoms with Crippen LogP contribution in [0.5, 0.6) is 0 Å². The first-order chi connectivity index (χ1) is 7.49. The molecule has 0 amide bonds. The molecule has 5 heteroatoms. The van der Waals surface area contributed by atoms with Crippen molar-refractivity contribution in [2.45, 2.75) is 13.8 Å². The van der Waals surface area contributed by atoms with E-state index in [1.807, 2.05) is 20.9 Å². The van der Waals surface area contributed by atoms with Gasteiger partial charge in [0.05, 0.1) is 16.4 Å². The number of hydrogen-bond acceptors (Lipinski definition) is 4. The van der Waals surface area contributed by atoms with Gasteiger partial charge in [0.15, 0.2) is 5.82 Å². The van der Waals surface area contributed by atoms with Crippen molar-refractivity contribution in [3.8, 4) is 0 Å². The highest BCUT2D eigenvalue weighted by molar-refractivity contribution is 6.31. The zero-order valence-corrected chi connectivity index (χ0v) is 10.5. The molecule has 1 aliphatic rings. The Labute approximate surface area is 100 Å². The fourth-order valence-corrected chi connectivity index (χ4v) is 1.95. The molecule has 1 aliphatic heterocycles. The van der Waals surface area contributed by atoms with Crippen LogP contribution in [-0.4, -0.2) is 35.0 Å². The van der Waals surface area contributed by atoms with Gasteiger partial charge in [-0.15, -0.1) is 0 Å². The molecular weight excluding hydrogens is 224 g/mol. The van der Waals surface area contributed by atoms with Crippen molar-refractivity contribution in [2.24, 2.45) is 5.73 Å². The average Bonchev–Trinajstić information content (AvgIpc) is 2.53. The minimum Gasteiger partial charge on any atom is -0.401 e. The number of nitrogens with zero attached hydrogens (tertiary/aromatic N) is 3. The Hall–Kier alpha value is -1.13. The first kappa shape index (κ1) is 11.4. The third-order valence-corrected chi connectivity index (χ3v) is 3.26. The van der Waals surface area contributed by atoms with Gasteiger partial charge in [0.2, 0.25) is 0 Å². The molecular formula is C11H15ClN4. The molecule has 0 saturated heterocycles. The van der Waals surface area contributed by atoms with Crippen LogP contribution in [0, 0.1) is 13.8 Å². The summed E-state index contributed by atoms with van der Waals surface area (Å²) in [6.45, 7) is 5.34. The predicted molar refractivity (Wildman–Crippen MR) is 65.1 cm³/mol. The number of hydrogen-bond donors (Lipinski definition) is 1. The lowest BCUT2D eigenvalue weighted by Crippen LogP contribution is -2.16. The van der Waals surface area contributed by atoms with E-state index >= 15 is 0 Å². The second-order valence-electron chi connectivity index (χ2n) is 4.21. The molecule has 0 aliphatic carbocycles. The molecule has 0 fully saturated rings. The van der Waals surface area contributed by atoms with E-state index in [9.17, 15) is 0 Å². The minimum atomic E-state index is 0.634. The number of rotatable bonds is 1. The Balaban J connectivity index is 2.46. The van der Waals surface area contributed by atoms with Gasteiger partial charge in [-0.2, -0.15) is 0 Å². The lowest BCUT2D eigenvalue weighted by molar-refractivity contribution is 0.431. The first-order valence-electron chi connectivity index (χ1n) is 5.16. The molecule has 0 radical (unpaired) electrons. The van der Waals surface area contributed by atoms with Crippen LogP contribution < -0.4 is 5.73 Å². The summed E-state index contributed by atoms with van der Waals surface area (Å²) in [5, 5.41) is 0.634. The largest absolute Gasteiger partial charge is 0.401 e. The van der Waals surface area contributed by atoms with Gasteiger partial charge in [-0.05, 0) is 20.9 Å². The zero-order valence-electron chi connectivity index (χ0n) is 9.71. The van der Waals surface area contributed by atoms with Crippen molar-refractivity contribution < 1.29 is 0 Å². The monoisotopic (exact) mass is 238 g/mol. The minimum absolute atomic E-state index is 0.634. The van der Waals surface area contributed by atoms with Crippen LogP contribution in [0.4, 0.5) is 0 Å². The molecule has 4 nitrogen and oxygen atoms in total. The third kappa shape index (κ3) is 1.90. The Morgan fingerprint density at radius 2 is 1.75 bits per heavy atom. The molecule has 0 bridgehead atoms. The second kappa shape index (κ2) is 4.03. The highest BCUT2D eigenvalue weighted by Crippen LogP contribution is 2.24. The fraction of sp³-hybridized carbons (Fsp3) is 0.455. The molecule has 2 heterocycles. The summed E-state index contributed by atoms with van der Waals surface area (Å²) in [5.41, 5.74) is 9.44. The van der Waals surface area contributed by atoms with Crippen molar-refractivity contribution >= 4 is 17.2 Å². The molecule has 86 valence electrons. The Morgan fingerprint density at radius 1 is 1.19 bits per heavy atom. The van der Waals surface area contributed by atoms with Gasteiger partial charge in [-0.3, -0.25) is 4.90 Å². The Bertz CT molecular complexity index is 444. The summed E-state index contributed by atoms with van der Waals surface area (Å²) in [6, 6.07) is 0. The maximum absolute atomic E-state index is 6.04. The quantitative estimate of drug-likeness (QED) is 0.803. The second-order valence-corrected chi connectivity index (χ2v) is 4.59.